The van der Waals surface area contributed by atoms with E-state index in [1.54, 1.807) is 10.9 Å². The lowest BCUT2D eigenvalue weighted by atomic mass is 10.3. The van der Waals surface area contributed by atoms with E-state index in [0.29, 0.717) is 5.95 Å². The third-order valence-corrected chi connectivity index (χ3v) is 3.36. The number of rotatable bonds is 6. The number of halogens is 1. The predicted molar refractivity (Wildman–Crippen MR) is 83.8 cm³/mol. The molecule has 0 aliphatic carbocycles. The smallest absolute Gasteiger partial charge is 0.224 e. The number of aromatic nitrogens is 4. The molecule has 108 valence electrons. The molecule has 0 saturated heterocycles. The number of nitrogens with zero attached hydrogens (tertiary/aromatic N) is 5. The maximum Gasteiger partial charge on any atom is 0.224 e. The Hall–Kier alpha value is -1.63. The first kappa shape index (κ1) is 14.8. The van der Waals surface area contributed by atoms with Gasteiger partial charge in [0.2, 0.25) is 5.95 Å². The maximum atomic E-state index is 4.54. The normalized spacial score (nSPS) is 10.6. The molecule has 0 fully saturated rings. The van der Waals surface area contributed by atoms with E-state index >= 15 is 0 Å². The van der Waals surface area contributed by atoms with Gasteiger partial charge >= 0.3 is 0 Å². The summed E-state index contributed by atoms with van der Waals surface area (Å²) in [5, 5.41) is 7.38. The van der Waals surface area contributed by atoms with Crippen LogP contribution in [0, 0.1) is 0 Å². The Morgan fingerprint density at radius 3 is 2.85 bits per heavy atom. The first-order valence-electron chi connectivity index (χ1n) is 6.55. The largest absolute Gasteiger partial charge is 0.354 e. The summed E-state index contributed by atoms with van der Waals surface area (Å²) in [6.45, 7) is 3.73. The third kappa shape index (κ3) is 3.69. The van der Waals surface area contributed by atoms with Gasteiger partial charge in [-0.1, -0.05) is 6.92 Å². The van der Waals surface area contributed by atoms with Crippen molar-refractivity contribution in [2.45, 2.75) is 19.9 Å². The van der Waals surface area contributed by atoms with E-state index in [9.17, 15) is 0 Å². The number of nitrogens with one attached hydrogen (secondary N) is 1. The predicted octanol–water partition coefficient (Wildman–Crippen LogP) is 2.43. The highest BCUT2D eigenvalue weighted by molar-refractivity contribution is 9.10. The highest BCUT2D eigenvalue weighted by atomic mass is 79.9. The van der Waals surface area contributed by atoms with E-state index in [0.717, 1.165) is 35.4 Å². The number of hydrogen-bond donors (Lipinski definition) is 1. The van der Waals surface area contributed by atoms with Crippen LogP contribution < -0.4 is 10.2 Å². The molecular weight excluding hydrogens is 320 g/mol. The van der Waals surface area contributed by atoms with Crippen molar-refractivity contribution in [1.82, 2.24) is 19.7 Å². The summed E-state index contributed by atoms with van der Waals surface area (Å²) in [5.74, 6) is 1.52. The number of aryl methyl sites for hydroxylation is 1. The van der Waals surface area contributed by atoms with Gasteiger partial charge in [-0.2, -0.15) is 10.1 Å². The molecule has 0 aromatic carbocycles. The van der Waals surface area contributed by atoms with Gasteiger partial charge in [-0.3, -0.25) is 4.68 Å². The van der Waals surface area contributed by atoms with Crippen molar-refractivity contribution in [2.75, 3.05) is 23.8 Å². The zero-order chi connectivity index (χ0) is 14.5. The van der Waals surface area contributed by atoms with Gasteiger partial charge in [-0.05, 0) is 22.4 Å². The van der Waals surface area contributed by atoms with Crippen molar-refractivity contribution in [2.24, 2.45) is 7.05 Å². The monoisotopic (exact) mass is 338 g/mol. The van der Waals surface area contributed by atoms with Crippen LogP contribution >= 0.6 is 15.9 Å². The van der Waals surface area contributed by atoms with Crippen molar-refractivity contribution in [3.05, 3.63) is 28.6 Å². The number of anilines is 2. The lowest BCUT2D eigenvalue weighted by Gasteiger charge is -2.19. The van der Waals surface area contributed by atoms with Crippen LogP contribution in [-0.2, 0) is 13.6 Å². The quantitative estimate of drug-likeness (QED) is 0.876. The lowest BCUT2D eigenvalue weighted by molar-refractivity contribution is 0.766. The van der Waals surface area contributed by atoms with Crippen molar-refractivity contribution in [3.63, 3.8) is 0 Å². The first-order valence-corrected chi connectivity index (χ1v) is 7.34. The molecule has 0 amide bonds. The van der Waals surface area contributed by atoms with Gasteiger partial charge in [-0.25, -0.2) is 4.98 Å². The van der Waals surface area contributed by atoms with Crippen LogP contribution in [0.5, 0.6) is 0 Å². The fourth-order valence-corrected chi connectivity index (χ4v) is 2.34. The summed E-state index contributed by atoms with van der Waals surface area (Å²) in [6.07, 6.45) is 6.68. The molecule has 2 aromatic rings. The Balaban J connectivity index is 2.13. The van der Waals surface area contributed by atoms with Gasteiger partial charge in [0.15, 0.2) is 0 Å². The van der Waals surface area contributed by atoms with Crippen LogP contribution in [0.15, 0.2) is 23.1 Å². The summed E-state index contributed by atoms with van der Waals surface area (Å²) in [6, 6.07) is 0. The Bertz CT molecular complexity index is 568. The molecule has 0 atom stereocenters. The minimum absolute atomic E-state index is 0.656. The lowest BCUT2D eigenvalue weighted by Crippen LogP contribution is -2.19. The zero-order valence-corrected chi connectivity index (χ0v) is 13.6. The van der Waals surface area contributed by atoms with E-state index in [1.165, 1.54) is 0 Å². The van der Waals surface area contributed by atoms with Crippen LogP contribution in [-0.4, -0.2) is 33.3 Å². The fraction of sp³-hybridized carbons (Fsp3) is 0.462. The summed E-state index contributed by atoms with van der Waals surface area (Å²) in [4.78, 5) is 10.9. The molecule has 0 aliphatic rings. The van der Waals surface area contributed by atoms with Gasteiger partial charge < -0.3 is 10.2 Å². The summed E-state index contributed by atoms with van der Waals surface area (Å²) in [7, 11) is 3.92. The van der Waals surface area contributed by atoms with Gasteiger partial charge in [0.25, 0.3) is 0 Å². The molecule has 0 aliphatic heterocycles. The van der Waals surface area contributed by atoms with Crippen LogP contribution in [0.1, 0.15) is 18.9 Å². The van der Waals surface area contributed by atoms with Gasteiger partial charge in [0.05, 0.1) is 10.7 Å². The second-order valence-electron chi connectivity index (χ2n) is 4.67. The van der Waals surface area contributed by atoms with Crippen LogP contribution in [0.3, 0.4) is 0 Å². The number of hydrogen-bond acceptors (Lipinski definition) is 5. The maximum absolute atomic E-state index is 4.54. The first-order chi connectivity index (χ1) is 9.60. The van der Waals surface area contributed by atoms with Crippen LogP contribution in [0.25, 0.3) is 0 Å². The van der Waals surface area contributed by atoms with Crippen LogP contribution in [0.2, 0.25) is 0 Å². The van der Waals surface area contributed by atoms with Gasteiger partial charge in [-0.15, -0.1) is 0 Å². The molecule has 0 unspecified atom stereocenters. The second-order valence-corrected chi connectivity index (χ2v) is 5.52. The van der Waals surface area contributed by atoms with Crippen molar-refractivity contribution >= 4 is 27.7 Å². The Morgan fingerprint density at radius 2 is 2.20 bits per heavy atom. The highest BCUT2D eigenvalue weighted by Crippen LogP contribution is 2.24. The summed E-state index contributed by atoms with van der Waals surface area (Å²) < 4.78 is 2.68. The van der Waals surface area contributed by atoms with Gasteiger partial charge in [0, 0.05) is 45.1 Å². The fourth-order valence-electron chi connectivity index (χ4n) is 1.85. The van der Waals surface area contributed by atoms with Crippen LogP contribution in [0.4, 0.5) is 11.8 Å². The minimum atomic E-state index is 0.656. The Kier molecular flexibility index (Phi) is 4.94. The van der Waals surface area contributed by atoms with Crippen molar-refractivity contribution < 1.29 is 0 Å². The average molecular weight is 339 g/mol. The Morgan fingerprint density at radius 1 is 1.40 bits per heavy atom. The molecule has 2 rings (SSSR count). The van der Waals surface area contributed by atoms with Crippen molar-refractivity contribution in [3.8, 4) is 0 Å². The van der Waals surface area contributed by atoms with E-state index in [1.807, 2.05) is 26.5 Å². The molecule has 2 heterocycles. The summed E-state index contributed by atoms with van der Waals surface area (Å²) >= 11 is 3.50. The second kappa shape index (κ2) is 6.69. The molecule has 1 N–H and O–H groups in total. The third-order valence-electron chi connectivity index (χ3n) is 2.80. The molecular formula is C13H19BrN6. The molecule has 2 aromatic heterocycles. The van der Waals surface area contributed by atoms with Crippen molar-refractivity contribution in [1.29, 1.82) is 0 Å². The van der Waals surface area contributed by atoms with E-state index < -0.39 is 0 Å². The van der Waals surface area contributed by atoms with E-state index in [4.69, 9.17) is 0 Å². The topological polar surface area (TPSA) is 58.9 Å². The minimum Gasteiger partial charge on any atom is -0.354 e. The van der Waals surface area contributed by atoms with E-state index in [2.05, 4.69) is 48.1 Å². The molecule has 6 nitrogen and oxygen atoms in total. The summed E-state index contributed by atoms with van der Waals surface area (Å²) in [5.41, 5.74) is 1.14. The van der Waals surface area contributed by atoms with E-state index in [-0.39, 0.29) is 0 Å². The molecule has 0 saturated carbocycles. The highest BCUT2D eigenvalue weighted by Gasteiger charge is 2.11. The molecule has 0 spiro atoms. The molecule has 7 heteroatoms. The SMILES string of the molecule is CCCNc1ncc(Br)c(N(C)Cc2cnn(C)c2)n1. The van der Waals surface area contributed by atoms with Gasteiger partial charge in [0.1, 0.15) is 5.82 Å². The standard InChI is InChI=1S/C13H19BrN6/c1-4-5-15-13-16-7-11(14)12(18-13)19(2)8-10-6-17-20(3)9-10/h6-7,9H,4-5,8H2,1-3H3,(H,15,16,18). The molecule has 0 radical (unpaired) electrons. The molecule has 20 heavy (non-hydrogen) atoms. The molecule has 0 bridgehead atoms. The Labute approximate surface area is 127 Å². The average Bonchev–Trinajstić information content (AvgIpc) is 2.83. The zero-order valence-electron chi connectivity index (χ0n) is 12.0.